The van der Waals surface area contributed by atoms with E-state index in [-0.39, 0.29) is 0 Å². The molecule has 0 aliphatic heterocycles. The highest BCUT2D eigenvalue weighted by molar-refractivity contribution is 7.69. The van der Waals surface area contributed by atoms with Crippen LogP contribution in [-0.2, 0) is 31.2 Å². The van der Waals surface area contributed by atoms with Gasteiger partial charge >= 0.3 is 31.3 Å². The zero-order valence-corrected chi connectivity index (χ0v) is 13.5. The van der Waals surface area contributed by atoms with Crippen LogP contribution in [0.25, 0.3) is 0 Å². The predicted molar refractivity (Wildman–Crippen MR) is 65.1 cm³/mol. The summed E-state index contributed by atoms with van der Waals surface area (Å²) in [5, 5.41) is 0. The van der Waals surface area contributed by atoms with Gasteiger partial charge in [0.15, 0.2) is 0 Å². The molecule has 0 aromatic heterocycles. The van der Waals surface area contributed by atoms with E-state index in [9.17, 15) is 18.3 Å². The molecule has 0 saturated carbocycles. The Hall–Kier alpha value is 0.480. The minimum atomic E-state index is -5.77. The highest BCUT2D eigenvalue weighted by atomic mass is 31.3. The van der Waals surface area contributed by atoms with Gasteiger partial charge in [0.1, 0.15) is 0 Å². The van der Waals surface area contributed by atoms with E-state index in [1.807, 2.05) is 0 Å². The van der Waals surface area contributed by atoms with Crippen molar-refractivity contribution in [2.24, 2.45) is 11.5 Å². The first-order valence-electron chi connectivity index (χ1n) is 4.34. The summed E-state index contributed by atoms with van der Waals surface area (Å²) in [7, 11) is -22.6. The Labute approximate surface area is 117 Å². The van der Waals surface area contributed by atoms with Crippen LogP contribution in [0.1, 0.15) is 0 Å². The monoisotopic (exact) mass is 398 g/mol. The van der Waals surface area contributed by atoms with Crippen LogP contribution in [0.2, 0.25) is 0 Å². The summed E-state index contributed by atoms with van der Waals surface area (Å²) in [5.41, 5.74) is 9.81. The molecular weight excluding hydrogens is 384 g/mol. The van der Waals surface area contributed by atoms with Crippen molar-refractivity contribution in [1.82, 2.24) is 0 Å². The van der Waals surface area contributed by atoms with Crippen LogP contribution in [0, 0.1) is 0 Å². The fraction of sp³-hybridized carbons (Fsp3) is 1.00. The van der Waals surface area contributed by atoms with Gasteiger partial charge in [0.2, 0.25) is 0 Å². The van der Waals surface area contributed by atoms with Crippen LogP contribution in [0.15, 0.2) is 0 Å². The number of hydrogen-bond acceptors (Lipinski definition) is 9. The molecule has 19 heteroatoms. The maximum atomic E-state index is 10.7. The van der Waals surface area contributed by atoms with E-state index < -0.39 is 31.3 Å². The smallest absolute Gasteiger partial charge is 0.329 e. The first kappa shape index (κ1) is 23.7. The molecule has 0 heterocycles. The second-order valence-corrected chi connectivity index (χ2v) is 8.54. The molecule has 0 saturated heterocycles. The van der Waals surface area contributed by atoms with Crippen molar-refractivity contribution in [3.8, 4) is 0 Å². The zero-order chi connectivity index (χ0) is 17.5. The number of hydrogen-bond donors (Lipinski definition) is 8. The first-order valence-corrected chi connectivity index (χ1v) is 10.4. The van der Waals surface area contributed by atoms with E-state index in [1.54, 1.807) is 0 Å². The highest BCUT2D eigenvalue weighted by Gasteiger charge is 2.43. The Balaban J connectivity index is 0. The van der Waals surface area contributed by atoms with Gasteiger partial charge in [-0.05, 0) is 0 Å². The lowest BCUT2D eigenvalue weighted by molar-refractivity contribution is 0.194. The molecule has 0 bridgehead atoms. The number of phosphoric acid groups is 4. The Bertz CT molecular complexity index is 446. The van der Waals surface area contributed by atoms with E-state index in [0.717, 1.165) is 0 Å². The lowest BCUT2D eigenvalue weighted by atomic mass is 10.7. The number of nitrogens with two attached hydrogens (primary N) is 2. The third kappa shape index (κ3) is 18.4. The van der Waals surface area contributed by atoms with Crippen molar-refractivity contribution in [2.75, 3.05) is 13.1 Å². The Kier molecular flexibility index (Phi) is 10.1. The Morgan fingerprint density at radius 2 is 0.857 bits per heavy atom. The SMILES string of the molecule is NCCN.O=P(O)(O)OP(=O)(O)OP(=O)(O)OP(=O)(O)O. The molecule has 2 atom stereocenters. The van der Waals surface area contributed by atoms with Crippen molar-refractivity contribution in [2.45, 2.75) is 0 Å². The molecule has 15 nitrogen and oxygen atoms in total. The average molecular weight is 398 g/mol. The fourth-order valence-electron chi connectivity index (χ4n) is 0.429. The predicted octanol–water partition coefficient (Wildman–Crippen LogP) is -1.67. The second-order valence-electron chi connectivity index (χ2n) is 2.74. The summed E-state index contributed by atoms with van der Waals surface area (Å²) in [6, 6.07) is 0. The largest absolute Gasteiger partial charge is 0.490 e. The minimum absolute atomic E-state index is 0.597. The molecule has 10 N–H and O–H groups in total. The normalized spacial score (nSPS) is 18.1. The zero-order valence-electron chi connectivity index (χ0n) is 9.90. The summed E-state index contributed by atoms with van der Waals surface area (Å²) < 4.78 is 50.9. The van der Waals surface area contributed by atoms with Gasteiger partial charge in [-0.3, -0.25) is 0 Å². The third-order valence-electron chi connectivity index (χ3n) is 0.792. The topological polar surface area (TPSA) is 269 Å². The molecule has 0 amide bonds. The van der Waals surface area contributed by atoms with Crippen LogP contribution >= 0.6 is 31.3 Å². The first-order chi connectivity index (χ1) is 9.04. The van der Waals surface area contributed by atoms with Gasteiger partial charge in [-0.2, -0.15) is 12.9 Å². The van der Waals surface area contributed by atoms with Gasteiger partial charge in [-0.25, -0.2) is 18.3 Å². The minimum Gasteiger partial charge on any atom is -0.329 e. The van der Waals surface area contributed by atoms with Gasteiger partial charge in [-0.1, -0.05) is 0 Å². The number of rotatable bonds is 7. The lowest BCUT2D eigenvalue weighted by Gasteiger charge is -2.15. The molecule has 0 radical (unpaired) electrons. The van der Waals surface area contributed by atoms with Crippen molar-refractivity contribution in [3.05, 3.63) is 0 Å². The van der Waals surface area contributed by atoms with Crippen LogP contribution in [0.3, 0.4) is 0 Å². The maximum Gasteiger partial charge on any atom is 0.490 e. The van der Waals surface area contributed by atoms with E-state index >= 15 is 0 Å². The maximum absolute atomic E-state index is 10.7. The summed E-state index contributed by atoms with van der Waals surface area (Å²) in [6.07, 6.45) is 0. The van der Waals surface area contributed by atoms with Gasteiger partial charge in [0, 0.05) is 13.1 Å². The van der Waals surface area contributed by atoms with Gasteiger partial charge < -0.3 is 40.8 Å². The molecule has 21 heavy (non-hydrogen) atoms. The molecule has 0 aliphatic rings. The van der Waals surface area contributed by atoms with E-state index in [0.29, 0.717) is 13.1 Å². The van der Waals surface area contributed by atoms with Crippen molar-refractivity contribution >= 4 is 31.3 Å². The van der Waals surface area contributed by atoms with Crippen LogP contribution in [0.4, 0.5) is 0 Å². The molecule has 0 fully saturated rings. The lowest BCUT2D eigenvalue weighted by Crippen LogP contribution is -2.11. The molecule has 2 unspecified atom stereocenters. The third-order valence-corrected chi connectivity index (χ3v) is 5.80. The quantitative estimate of drug-likeness (QED) is 0.223. The molecule has 0 aromatic carbocycles. The van der Waals surface area contributed by atoms with E-state index in [4.69, 9.17) is 40.8 Å². The Morgan fingerprint density at radius 1 is 0.619 bits per heavy atom. The molecule has 130 valence electrons. The molecule has 0 spiro atoms. The fourth-order valence-corrected chi connectivity index (χ4v) is 4.40. The van der Waals surface area contributed by atoms with Gasteiger partial charge in [0.25, 0.3) is 0 Å². The van der Waals surface area contributed by atoms with Crippen LogP contribution < -0.4 is 11.5 Å². The molecule has 0 aromatic rings. The highest BCUT2D eigenvalue weighted by Crippen LogP contribution is 2.69. The van der Waals surface area contributed by atoms with Crippen molar-refractivity contribution in [1.29, 1.82) is 0 Å². The van der Waals surface area contributed by atoms with Crippen molar-refractivity contribution in [3.63, 3.8) is 0 Å². The summed E-state index contributed by atoms with van der Waals surface area (Å²) in [4.78, 5) is 49.4. The molecule has 0 rings (SSSR count). The summed E-state index contributed by atoms with van der Waals surface area (Å²) in [5.74, 6) is 0. The van der Waals surface area contributed by atoms with E-state index in [1.165, 1.54) is 0 Å². The van der Waals surface area contributed by atoms with Crippen LogP contribution in [0.5, 0.6) is 0 Å². The van der Waals surface area contributed by atoms with E-state index in [2.05, 4.69) is 12.9 Å². The summed E-state index contributed by atoms with van der Waals surface area (Å²) >= 11 is 0. The molecule has 0 aliphatic carbocycles. The second kappa shape index (κ2) is 8.94. The Morgan fingerprint density at radius 3 is 1.00 bits per heavy atom. The van der Waals surface area contributed by atoms with Gasteiger partial charge in [-0.15, -0.1) is 0 Å². The standard InChI is InChI=1S/C2H8N2.H6O13P4/c3-1-2-4;1-14(2,3)11-16(7,8)13-17(9,10)12-15(4,5)6/h1-4H2;(H,7,8)(H,9,10)(H2,1,2,3)(H2,4,5,6). The van der Waals surface area contributed by atoms with Crippen LogP contribution in [-0.4, -0.2) is 42.4 Å². The molecular formula is C2H14N2O13P4. The summed E-state index contributed by atoms with van der Waals surface area (Å²) in [6.45, 7) is 1.19. The average Bonchev–Trinajstić information content (AvgIpc) is 2.07. The van der Waals surface area contributed by atoms with Gasteiger partial charge in [0.05, 0.1) is 0 Å². The van der Waals surface area contributed by atoms with Crippen molar-refractivity contribution < 1.29 is 60.6 Å².